The summed E-state index contributed by atoms with van der Waals surface area (Å²) in [6, 6.07) is 0.365. The summed E-state index contributed by atoms with van der Waals surface area (Å²) in [5, 5.41) is 0. The molecule has 1 fully saturated rings. The molecule has 0 bridgehead atoms. The van der Waals surface area contributed by atoms with Crippen molar-refractivity contribution in [3.63, 3.8) is 0 Å². The van der Waals surface area contributed by atoms with Crippen molar-refractivity contribution in [2.24, 2.45) is 11.7 Å². The lowest BCUT2D eigenvalue weighted by atomic mass is 9.93. The third kappa shape index (κ3) is 3.23. The Morgan fingerprint density at radius 1 is 1.53 bits per heavy atom. The van der Waals surface area contributed by atoms with Gasteiger partial charge in [-0.05, 0) is 45.2 Å². The molecule has 0 amide bonds. The largest absolute Gasteiger partial charge is 0.330 e. The molecule has 2 heterocycles. The van der Waals surface area contributed by atoms with Gasteiger partial charge in [-0.15, -0.1) is 0 Å². The summed E-state index contributed by atoms with van der Waals surface area (Å²) in [4.78, 5) is 11.1. The van der Waals surface area contributed by atoms with Gasteiger partial charge < -0.3 is 5.73 Å². The van der Waals surface area contributed by atoms with Gasteiger partial charge in [0.25, 0.3) is 0 Å². The second-order valence-corrected chi connectivity index (χ2v) is 4.89. The maximum absolute atomic E-state index is 5.65. The van der Waals surface area contributed by atoms with Crippen molar-refractivity contribution in [3.05, 3.63) is 24.3 Å². The van der Waals surface area contributed by atoms with Crippen molar-refractivity contribution in [3.8, 4) is 0 Å². The van der Waals surface area contributed by atoms with E-state index in [0.717, 1.165) is 31.1 Å². The second kappa shape index (κ2) is 6.07. The van der Waals surface area contributed by atoms with Crippen LogP contribution in [0.5, 0.6) is 0 Å². The van der Waals surface area contributed by atoms with Crippen LogP contribution in [-0.2, 0) is 0 Å². The zero-order valence-electron chi connectivity index (χ0n) is 10.5. The van der Waals surface area contributed by atoms with Crippen LogP contribution in [0.1, 0.15) is 37.9 Å². The summed E-state index contributed by atoms with van der Waals surface area (Å²) < 4.78 is 0. The van der Waals surface area contributed by atoms with Crippen LogP contribution in [0.25, 0.3) is 0 Å². The highest BCUT2D eigenvalue weighted by atomic mass is 15.2. The van der Waals surface area contributed by atoms with E-state index in [1.165, 1.54) is 19.4 Å². The normalized spacial score (nSPS) is 23.5. The van der Waals surface area contributed by atoms with Gasteiger partial charge in [-0.1, -0.05) is 0 Å². The molecule has 2 unspecified atom stereocenters. The van der Waals surface area contributed by atoms with Crippen molar-refractivity contribution in [2.45, 2.75) is 32.2 Å². The maximum Gasteiger partial charge on any atom is 0.0755 e. The number of rotatable bonds is 4. The first-order chi connectivity index (χ1) is 8.31. The van der Waals surface area contributed by atoms with Gasteiger partial charge in [0.05, 0.1) is 11.7 Å². The highest BCUT2D eigenvalue weighted by molar-refractivity contribution is 5.01. The van der Waals surface area contributed by atoms with Gasteiger partial charge in [-0.3, -0.25) is 14.9 Å². The molecule has 4 heteroatoms. The van der Waals surface area contributed by atoms with Gasteiger partial charge in [0.15, 0.2) is 0 Å². The van der Waals surface area contributed by atoms with Crippen molar-refractivity contribution in [1.29, 1.82) is 0 Å². The van der Waals surface area contributed by atoms with Crippen molar-refractivity contribution < 1.29 is 0 Å². The molecule has 1 aromatic rings. The summed E-state index contributed by atoms with van der Waals surface area (Å²) in [5.74, 6) is 0.757. The lowest BCUT2D eigenvalue weighted by Crippen LogP contribution is -2.38. The molecule has 0 radical (unpaired) electrons. The summed E-state index contributed by atoms with van der Waals surface area (Å²) in [5.41, 5.74) is 6.72. The lowest BCUT2D eigenvalue weighted by Gasteiger charge is -2.36. The van der Waals surface area contributed by atoms with Crippen LogP contribution in [0.15, 0.2) is 18.6 Å². The van der Waals surface area contributed by atoms with E-state index in [-0.39, 0.29) is 0 Å². The average molecular weight is 234 g/mol. The molecule has 1 aromatic heterocycles. The number of piperidine rings is 1. The molecule has 0 aliphatic carbocycles. The minimum absolute atomic E-state index is 0.365. The molecular formula is C13H22N4. The smallest absolute Gasteiger partial charge is 0.0755 e. The highest BCUT2D eigenvalue weighted by Crippen LogP contribution is 2.26. The van der Waals surface area contributed by atoms with Crippen molar-refractivity contribution in [1.82, 2.24) is 14.9 Å². The Bertz CT molecular complexity index is 325. The second-order valence-electron chi connectivity index (χ2n) is 4.89. The predicted molar refractivity (Wildman–Crippen MR) is 68.4 cm³/mol. The van der Waals surface area contributed by atoms with Gasteiger partial charge >= 0.3 is 0 Å². The standard InChI is InChI=1S/C13H22N4/c1-11(13-9-15-6-7-16-13)17-8-2-3-12(10-17)4-5-14/h6-7,9,11-12H,2-5,8,10,14H2,1H3. The number of likely N-dealkylation sites (tertiary alicyclic amines) is 1. The average Bonchev–Trinajstić information content (AvgIpc) is 2.40. The first-order valence-corrected chi connectivity index (χ1v) is 6.51. The maximum atomic E-state index is 5.65. The summed E-state index contributed by atoms with van der Waals surface area (Å²) in [6.07, 6.45) is 9.11. The molecule has 2 atom stereocenters. The van der Waals surface area contributed by atoms with Gasteiger partial charge in [0.2, 0.25) is 0 Å². The van der Waals surface area contributed by atoms with E-state index >= 15 is 0 Å². The van der Waals surface area contributed by atoms with E-state index in [2.05, 4.69) is 21.8 Å². The minimum atomic E-state index is 0.365. The third-order valence-electron chi connectivity index (χ3n) is 3.68. The lowest BCUT2D eigenvalue weighted by molar-refractivity contribution is 0.126. The highest BCUT2D eigenvalue weighted by Gasteiger charge is 2.24. The summed E-state index contributed by atoms with van der Waals surface area (Å²) in [7, 11) is 0. The minimum Gasteiger partial charge on any atom is -0.330 e. The van der Waals surface area contributed by atoms with Gasteiger partial charge in [-0.2, -0.15) is 0 Å². The van der Waals surface area contributed by atoms with E-state index in [0.29, 0.717) is 6.04 Å². The molecule has 94 valence electrons. The SMILES string of the molecule is CC(c1cnccn1)N1CCCC(CCN)C1. The van der Waals surface area contributed by atoms with Crippen LogP contribution in [-0.4, -0.2) is 34.5 Å². The fourth-order valence-corrected chi connectivity index (χ4v) is 2.63. The molecule has 0 saturated carbocycles. The van der Waals surface area contributed by atoms with Crippen LogP contribution in [0.2, 0.25) is 0 Å². The Morgan fingerprint density at radius 2 is 2.41 bits per heavy atom. The van der Waals surface area contributed by atoms with Crippen molar-refractivity contribution in [2.75, 3.05) is 19.6 Å². The Balaban J connectivity index is 1.97. The number of nitrogens with zero attached hydrogens (tertiary/aromatic N) is 3. The summed E-state index contributed by atoms with van der Waals surface area (Å²) >= 11 is 0. The van der Waals surface area contributed by atoms with Crippen molar-refractivity contribution >= 4 is 0 Å². The predicted octanol–water partition coefficient (Wildman–Crippen LogP) is 1.60. The number of nitrogens with two attached hydrogens (primary N) is 1. The van der Waals surface area contributed by atoms with E-state index in [9.17, 15) is 0 Å². The van der Waals surface area contributed by atoms with E-state index in [4.69, 9.17) is 5.73 Å². The van der Waals surface area contributed by atoms with Gasteiger partial charge in [0, 0.05) is 25.1 Å². The molecular weight excluding hydrogens is 212 g/mol. The van der Waals surface area contributed by atoms with Crippen LogP contribution >= 0.6 is 0 Å². The first kappa shape index (κ1) is 12.5. The zero-order valence-corrected chi connectivity index (χ0v) is 10.5. The molecule has 1 aliphatic heterocycles. The van der Waals surface area contributed by atoms with Crippen LogP contribution in [0, 0.1) is 5.92 Å². The monoisotopic (exact) mass is 234 g/mol. The van der Waals surface area contributed by atoms with Crippen LogP contribution in [0.4, 0.5) is 0 Å². The Morgan fingerprint density at radius 3 is 3.12 bits per heavy atom. The number of hydrogen-bond acceptors (Lipinski definition) is 4. The topological polar surface area (TPSA) is 55.0 Å². The molecule has 4 nitrogen and oxygen atoms in total. The van der Waals surface area contributed by atoms with Crippen LogP contribution in [0.3, 0.4) is 0 Å². The Labute approximate surface area is 103 Å². The van der Waals surface area contributed by atoms with E-state index in [1.807, 2.05) is 6.20 Å². The molecule has 0 spiro atoms. The number of aromatic nitrogens is 2. The fraction of sp³-hybridized carbons (Fsp3) is 0.692. The van der Waals surface area contributed by atoms with Crippen LogP contribution < -0.4 is 5.73 Å². The van der Waals surface area contributed by atoms with Gasteiger partial charge in [-0.25, -0.2) is 0 Å². The molecule has 17 heavy (non-hydrogen) atoms. The third-order valence-corrected chi connectivity index (χ3v) is 3.68. The quantitative estimate of drug-likeness (QED) is 0.859. The Kier molecular flexibility index (Phi) is 4.45. The zero-order chi connectivity index (χ0) is 12.1. The molecule has 2 rings (SSSR count). The number of hydrogen-bond donors (Lipinski definition) is 1. The molecule has 0 aromatic carbocycles. The van der Waals surface area contributed by atoms with E-state index in [1.54, 1.807) is 12.4 Å². The molecule has 1 aliphatic rings. The summed E-state index contributed by atoms with van der Waals surface area (Å²) in [6.45, 7) is 5.33. The fourth-order valence-electron chi connectivity index (χ4n) is 2.63. The molecule has 2 N–H and O–H groups in total. The van der Waals surface area contributed by atoms with E-state index < -0.39 is 0 Å². The first-order valence-electron chi connectivity index (χ1n) is 6.51. The Hall–Kier alpha value is -1.00. The van der Waals surface area contributed by atoms with Gasteiger partial charge in [0.1, 0.15) is 0 Å². The molecule has 1 saturated heterocycles.